The Labute approximate surface area is 110 Å². The number of nitrogens with zero attached hydrogens (tertiary/aromatic N) is 1. The van der Waals surface area contributed by atoms with Crippen molar-refractivity contribution in [2.75, 3.05) is 25.3 Å². The SMILES string of the molecule is CCOC(=O)C(=O)N(C)c1cc2c(cc1C)OCO2. The molecule has 19 heavy (non-hydrogen) atoms. The second kappa shape index (κ2) is 5.17. The Balaban J connectivity index is 2.26. The molecule has 0 unspecified atom stereocenters. The van der Waals surface area contributed by atoms with Gasteiger partial charge in [-0.25, -0.2) is 4.79 Å². The van der Waals surface area contributed by atoms with E-state index in [1.165, 1.54) is 11.9 Å². The van der Waals surface area contributed by atoms with Crippen LogP contribution >= 0.6 is 0 Å². The van der Waals surface area contributed by atoms with E-state index in [1.807, 2.05) is 6.92 Å². The van der Waals surface area contributed by atoms with Crippen LogP contribution in [-0.4, -0.2) is 32.3 Å². The molecule has 102 valence electrons. The number of aryl methyl sites for hydroxylation is 1. The second-order valence-electron chi connectivity index (χ2n) is 4.08. The van der Waals surface area contributed by atoms with Gasteiger partial charge in [-0.15, -0.1) is 0 Å². The summed E-state index contributed by atoms with van der Waals surface area (Å²) in [6, 6.07) is 3.45. The molecule has 0 spiro atoms. The zero-order chi connectivity index (χ0) is 14.0. The number of esters is 1. The van der Waals surface area contributed by atoms with Crippen LogP contribution in [0, 0.1) is 6.92 Å². The normalized spacial score (nSPS) is 12.2. The minimum atomic E-state index is -0.873. The fraction of sp³-hybridized carbons (Fsp3) is 0.385. The van der Waals surface area contributed by atoms with Crippen molar-refractivity contribution < 1.29 is 23.8 Å². The van der Waals surface area contributed by atoms with Crippen molar-refractivity contribution in [3.63, 3.8) is 0 Å². The molecule has 0 saturated carbocycles. The maximum atomic E-state index is 11.9. The van der Waals surface area contributed by atoms with E-state index in [9.17, 15) is 9.59 Å². The quantitative estimate of drug-likeness (QED) is 0.594. The molecule has 2 rings (SSSR count). The second-order valence-corrected chi connectivity index (χ2v) is 4.08. The number of hydrogen-bond donors (Lipinski definition) is 0. The van der Waals surface area contributed by atoms with Crippen molar-refractivity contribution in [2.45, 2.75) is 13.8 Å². The van der Waals surface area contributed by atoms with Crippen LogP contribution in [0.3, 0.4) is 0 Å². The van der Waals surface area contributed by atoms with Crippen LogP contribution < -0.4 is 14.4 Å². The molecule has 1 aliphatic heterocycles. The Morgan fingerprint density at radius 3 is 2.58 bits per heavy atom. The zero-order valence-electron chi connectivity index (χ0n) is 11.1. The molecule has 0 bridgehead atoms. The van der Waals surface area contributed by atoms with Gasteiger partial charge in [0.15, 0.2) is 11.5 Å². The monoisotopic (exact) mass is 265 g/mol. The highest BCUT2D eigenvalue weighted by Crippen LogP contribution is 2.37. The third-order valence-corrected chi connectivity index (χ3v) is 2.81. The van der Waals surface area contributed by atoms with Crippen molar-refractivity contribution in [3.05, 3.63) is 17.7 Å². The van der Waals surface area contributed by atoms with Gasteiger partial charge in [0.05, 0.1) is 12.3 Å². The maximum Gasteiger partial charge on any atom is 0.397 e. The first-order valence-electron chi connectivity index (χ1n) is 5.89. The van der Waals surface area contributed by atoms with E-state index in [1.54, 1.807) is 19.1 Å². The minimum Gasteiger partial charge on any atom is -0.459 e. The molecular formula is C13H15NO5. The number of hydrogen-bond acceptors (Lipinski definition) is 5. The third kappa shape index (κ3) is 2.47. The lowest BCUT2D eigenvalue weighted by atomic mass is 10.1. The molecular weight excluding hydrogens is 250 g/mol. The predicted molar refractivity (Wildman–Crippen MR) is 67.3 cm³/mol. The number of anilines is 1. The summed E-state index contributed by atoms with van der Waals surface area (Å²) in [6.07, 6.45) is 0. The summed E-state index contributed by atoms with van der Waals surface area (Å²) in [5, 5.41) is 0. The molecule has 0 saturated heterocycles. The molecule has 0 aliphatic carbocycles. The molecule has 1 heterocycles. The van der Waals surface area contributed by atoms with Gasteiger partial charge in [0.2, 0.25) is 6.79 Å². The number of fused-ring (bicyclic) bond motifs is 1. The molecule has 0 N–H and O–H groups in total. The van der Waals surface area contributed by atoms with Gasteiger partial charge < -0.3 is 19.1 Å². The summed E-state index contributed by atoms with van der Waals surface area (Å²) in [7, 11) is 1.52. The van der Waals surface area contributed by atoms with Crippen molar-refractivity contribution in [2.24, 2.45) is 0 Å². The number of likely N-dealkylation sites (N-methyl/N-ethyl adjacent to an activating group) is 1. The molecule has 6 nitrogen and oxygen atoms in total. The van der Waals surface area contributed by atoms with Crippen molar-refractivity contribution in [1.29, 1.82) is 0 Å². The topological polar surface area (TPSA) is 65.1 Å². The Kier molecular flexibility index (Phi) is 3.59. The first-order chi connectivity index (χ1) is 9.04. The highest BCUT2D eigenvalue weighted by Gasteiger charge is 2.25. The Morgan fingerprint density at radius 1 is 1.32 bits per heavy atom. The standard InChI is InChI=1S/C13H15NO5/c1-4-17-13(16)12(15)14(3)9-6-11-10(5-8(9)2)18-7-19-11/h5-6H,4,7H2,1-3H3. The summed E-state index contributed by atoms with van der Waals surface area (Å²) in [6.45, 7) is 3.80. The smallest absolute Gasteiger partial charge is 0.397 e. The van der Waals surface area contributed by atoms with E-state index < -0.39 is 11.9 Å². The number of carbonyl (C=O) groups is 2. The van der Waals surface area contributed by atoms with Gasteiger partial charge in [0.25, 0.3) is 0 Å². The van der Waals surface area contributed by atoms with Crippen LogP contribution in [0.15, 0.2) is 12.1 Å². The van der Waals surface area contributed by atoms with Gasteiger partial charge in [0.1, 0.15) is 0 Å². The average molecular weight is 265 g/mol. The van der Waals surface area contributed by atoms with Crippen LogP contribution in [0.5, 0.6) is 11.5 Å². The molecule has 1 aliphatic rings. The van der Waals surface area contributed by atoms with E-state index >= 15 is 0 Å². The third-order valence-electron chi connectivity index (χ3n) is 2.81. The Hall–Kier alpha value is -2.24. The molecule has 1 aromatic rings. The van der Waals surface area contributed by atoms with Gasteiger partial charge in [-0.2, -0.15) is 0 Å². The Morgan fingerprint density at radius 2 is 1.95 bits per heavy atom. The van der Waals surface area contributed by atoms with Gasteiger partial charge in [-0.05, 0) is 25.5 Å². The fourth-order valence-corrected chi connectivity index (χ4v) is 1.83. The first-order valence-corrected chi connectivity index (χ1v) is 5.89. The number of benzene rings is 1. The van der Waals surface area contributed by atoms with Crippen LogP contribution in [-0.2, 0) is 14.3 Å². The Bertz CT molecular complexity index is 526. The van der Waals surface area contributed by atoms with Crippen molar-refractivity contribution in [3.8, 4) is 11.5 Å². The fourth-order valence-electron chi connectivity index (χ4n) is 1.83. The highest BCUT2D eigenvalue weighted by atomic mass is 16.7. The highest BCUT2D eigenvalue weighted by molar-refractivity contribution is 6.38. The summed E-state index contributed by atoms with van der Waals surface area (Å²) < 4.78 is 15.2. The summed E-state index contributed by atoms with van der Waals surface area (Å²) in [5.41, 5.74) is 1.40. The number of amides is 1. The number of rotatable bonds is 2. The van der Waals surface area contributed by atoms with Gasteiger partial charge >= 0.3 is 11.9 Å². The lowest BCUT2D eigenvalue weighted by Gasteiger charge is -2.18. The largest absolute Gasteiger partial charge is 0.459 e. The van der Waals surface area contributed by atoms with E-state index in [0.29, 0.717) is 17.2 Å². The van der Waals surface area contributed by atoms with E-state index in [2.05, 4.69) is 0 Å². The molecule has 0 fully saturated rings. The van der Waals surface area contributed by atoms with Gasteiger partial charge in [-0.3, -0.25) is 4.79 Å². The minimum absolute atomic E-state index is 0.160. The first kappa shape index (κ1) is 13.2. The number of carbonyl (C=O) groups excluding carboxylic acids is 2. The molecule has 0 aromatic heterocycles. The summed E-state index contributed by atoms with van der Waals surface area (Å²) >= 11 is 0. The molecule has 1 amide bonds. The van der Waals surface area contributed by atoms with Gasteiger partial charge in [-0.1, -0.05) is 0 Å². The summed E-state index contributed by atoms with van der Waals surface area (Å²) in [4.78, 5) is 24.5. The van der Waals surface area contributed by atoms with Crippen LogP contribution in [0.1, 0.15) is 12.5 Å². The van der Waals surface area contributed by atoms with Crippen LogP contribution in [0.25, 0.3) is 0 Å². The molecule has 1 aromatic carbocycles. The molecule has 0 atom stereocenters. The lowest BCUT2D eigenvalue weighted by molar-refractivity contribution is -0.153. The summed E-state index contributed by atoms with van der Waals surface area (Å²) in [5.74, 6) is -0.395. The van der Waals surface area contributed by atoms with Crippen molar-refractivity contribution >= 4 is 17.6 Å². The van der Waals surface area contributed by atoms with E-state index in [0.717, 1.165) is 5.56 Å². The molecule has 6 heteroatoms. The average Bonchev–Trinajstić information content (AvgIpc) is 2.83. The maximum absolute atomic E-state index is 11.9. The van der Waals surface area contributed by atoms with E-state index in [-0.39, 0.29) is 13.4 Å². The van der Waals surface area contributed by atoms with Crippen molar-refractivity contribution in [1.82, 2.24) is 0 Å². The molecule has 0 radical (unpaired) electrons. The van der Waals surface area contributed by atoms with E-state index in [4.69, 9.17) is 14.2 Å². The van der Waals surface area contributed by atoms with Crippen LogP contribution in [0.2, 0.25) is 0 Å². The zero-order valence-corrected chi connectivity index (χ0v) is 11.1. The van der Waals surface area contributed by atoms with Crippen LogP contribution in [0.4, 0.5) is 5.69 Å². The number of ether oxygens (including phenoxy) is 3. The van der Waals surface area contributed by atoms with Gasteiger partial charge in [0, 0.05) is 13.1 Å². The lowest BCUT2D eigenvalue weighted by Crippen LogP contribution is -2.35. The predicted octanol–water partition coefficient (Wildman–Crippen LogP) is 1.25.